The molecule has 0 saturated carbocycles. The van der Waals surface area contributed by atoms with Crippen LogP contribution >= 0.6 is 0 Å². The van der Waals surface area contributed by atoms with Gasteiger partial charge in [-0.2, -0.15) is 0 Å². The zero-order valence-electron chi connectivity index (χ0n) is 19.2. The fraction of sp³-hybridized carbons (Fsp3) is 0.625. The van der Waals surface area contributed by atoms with E-state index in [1.807, 2.05) is 41.5 Å². The molecule has 0 aliphatic rings. The van der Waals surface area contributed by atoms with Gasteiger partial charge in [-0.15, -0.1) is 0 Å². The number of carbonyl (C=O) groups excluding carboxylic acids is 3. The highest BCUT2D eigenvalue weighted by Gasteiger charge is 2.14. The van der Waals surface area contributed by atoms with Crippen LogP contribution in [0.4, 0.5) is 0 Å². The van der Waals surface area contributed by atoms with Crippen LogP contribution in [-0.4, -0.2) is 37.7 Å². The molecule has 1 rings (SSSR count). The highest BCUT2D eigenvalue weighted by molar-refractivity contribution is 5.76. The first-order valence-corrected chi connectivity index (χ1v) is 10.6. The molecule has 1 aromatic rings. The summed E-state index contributed by atoms with van der Waals surface area (Å²) in [4.78, 5) is 36.4. The van der Waals surface area contributed by atoms with E-state index in [0.717, 1.165) is 0 Å². The van der Waals surface area contributed by atoms with Crippen LogP contribution in [-0.2, 0) is 47.9 Å². The molecule has 0 atom stereocenters. The molecule has 0 bridgehead atoms. The van der Waals surface area contributed by atoms with Crippen molar-refractivity contribution in [1.29, 1.82) is 0 Å². The maximum absolute atomic E-state index is 12.1. The van der Waals surface area contributed by atoms with Crippen LogP contribution in [0.5, 0.6) is 0 Å². The molecule has 6 nitrogen and oxygen atoms in total. The summed E-state index contributed by atoms with van der Waals surface area (Å²) in [6.45, 7) is 12.9. The molecule has 168 valence electrons. The van der Waals surface area contributed by atoms with Gasteiger partial charge in [-0.3, -0.25) is 14.4 Å². The Kier molecular flexibility index (Phi) is 11.2. The minimum absolute atomic E-state index is 0.0790. The Morgan fingerprint density at radius 1 is 0.567 bits per heavy atom. The van der Waals surface area contributed by atoms with Gasteiger partial charge >= 0.3 is 17.9 Å². The zero-order valence-corrected chi connectivity index (χ0v) is 19.2. The van der Waals surface area contributed by atoms with Gasteiger partial charge in [0.25, 0.3) is 0 Å². The molecule has 0 spiro atoms. The SMILES string of the molecule is CC(C)COC(=O)Cc1cc(CC(=O)OCC(C)C)cc(CC(=O)OCC(C)C)c1. The molecule has 0 fully saturated rings. The molecule has 0 amide bonds. The normalized spacial score (nSPS) is 11.1. The highest BCUT2D eigenvalue weighted by Crippen LogP contribution is 2.15. The predicted octanol–water partition coefficient (Wildman–Crippen LogP) is 3.91. The van der Waals surface area contributed by atoms with Crippen molar-refractivity contribution in [2.24, 2.45) is 17.8 Å². The van der Waals surface area contributed by atoms with Crippen molar-refractivity contribution in [3.63, 3.8) is 0 Å². The second-order valence-electron chi connectivity index (χ2n) is 8.92. The standard InChI is InChI=1S/C24H36O6/c1-16(2)13-28-22(25)10-19-7-20(11-23(26)29-14-17(3)4)9-21(8-19)12-24(27)30-15-18(5)6/h7-9,16-18H,10-15H2,1-6H3. The third-order valence-corrected chi connectivity index (χ3v) is 3.89. The van der Waals surface area contributed by atoms with Gasteiger partial charge in [-0.25, -0.2) is 0 Å². The summed E-state index contributed by atoms with van der Waals surface area (Å²) >= 11 is 0. The average molecular weight is 421 g/mol. The third-order valence-electron chi connectivity index (χ3n) is 3.89. The number of carbonyl (C=O) groups is 3. The molecule has 0 saturated heterocycles. The second-order valence-corrected chi connectivity index (χ2v) is 8.92. The molecule has 30 heavy (non-hydrogen) atoms. The predicted molar refractivity (Wildman–Crippen MR) is 115 cm³/mol. The van der Waals surface area contributed by atoms with Gasteiger partial charge in [0.2, 0.25) is 0 Å². The quantitative estimate of drug-likeness (QED) is 0.377. The maximum Gasteiger partial charge on any atom is 0.310 e. The van der Waals surface area contributed by atoms with Gasteiger partial charge in [0.1, 0.15) is 0 Å². The van der Waals surface area contributed by atoms with E-state index in [1.165, 1.54) is 0 Å². The fourth-order valence-corrected chi connectivity index (χ4v) is 2.58. The lowest BCUT2D eigenvalue weighted by Gasteiger charge is -2.12. The lowest BCUT2D eigenvalue weighted by atomic mass is 10.00. The van der Waals surface area contributed by atoms with E-state index >= 15 is 0 Å². The van der Waals surface area contributed by atoms with Crippen molar-refractivity contribution in [2.45, 2.75) is 60.8 Å². The number of ether oxygens (including phenoxy) is 3. The molecule has 0 N–H and O–H groups in total. The van der Waals surface area contributed by atoms with Crippen molar-refractivity contribution >= 4 is 17.9 Å². The first kappa shape index (κ1) is 25.7. The summed E-state index contributed by atoms with van der Waals surface area (Å²) < 4.78 is 15.8. The Morgan fingerprint density at radius 2 is 0.800 bits per heavy atom. The number of hydrogen-bond donors (Lipinski definition) is 0. The molecule has 0 aromatic heterocycles. The summed E-state index contributed by atoms with van der Waals surface area (Å²) in [6, 6.07) is 5.36. The number of hydrogen-bond acceptors (Lipinski definition) is 6. The summed E-state index contributed by atoms with van der Waals surface area (Å²) in [5, 5.41) is 0. The van der Waals surface area contributed by atoms with E-state index < -0.39 is 0 Å². The van der Waals surface area contributed by atoms with Crippen molar-refractivity contribution in [3.05, 3.63) is 34.9 Å². The minimum Gasteiger partial charge on any atom is -0.465 e. The van der Waals surface area contributed by atoms with E-state index in [4.69, 9.17) is 14.2 Å². The summed E-state index contributed by atoms with van der Waals surface area (Å²) in [6.07, 6.45) is 0.237. The highest BCUT2D eigenvalue weighted by atomic mass is 16.5. The third kappa shape index (κ3) is 11.6. The molecule has 0 aliphatic carbocycles. The molecule has 1 aromatic carbocycles. The smallest absolute Gasteiger partial charge is 0.310 e. The topological polar surface area (TPSA) is 78.9 Å². The Hall–Kier alpha value is -2.37. The van der Waals surface area contributed by atoms with Crippen LogP contribution in [0, 0.1) is 17.8 Å². The van der Waals surface area contributed by atoms with Gasteiger partial charge in [0, 0.05) is 0 Å². The fourth-order valence-electron chi connectivity index (χ4n) is 2.58. The van der Waals surface area contributed by atoms with E-state index in [2.05, 4.69) is 0 Å². The van der Waals surface area contributed by atoms with Crippen LogP contribution in [0.25, 0.3) is 0 Å². The molecule has 0 aliphatic heterocycles. The molecule has 0 radical (unpaired) electrons. The Labute approximate surface area is 180 Å². The van der Waals surface area contributed by atoms with Crippen molar-refractivity contribution < 1.29 is 28.6 Å². The van der Waals surface area contributed by atoms with Crippen molar-refractivity contribution in [2.75, 3.05) is 19.8 Å². The summed E-state index contributed by atoms with van der Waals surface area (Å²) in [5.74, 6) is -0.253. The van der Waals surface area contributed by atoms with Gasteiger partial charge in [0.15, 0.2) is 0 Å². The largest absolute Gasteiger partial charge is 0.465 e. The van der Waals surface area contributed by atoms with Crippen LogP contribution < -0.4 is 0 Å². The first-order valence-electron chi connectivity index (χ1n) is 10.6. The molecule has 0 heterocycles. The molecular formula is C24H36O6. The van der Waals surface area contributed by atoms with Gasteiger partial charge in [-0.05, 0) is 34.4 Å². The molecule has 6 heteroatoms. The maximum atomic E-state index is 12.1. The monoisotopic (exact) mass is 420 g/mol. The number of rotatable bonds is 12. The van der Waals surface area contributed by atoms with E-state index in [9.17, 15) is 14.4 Å². The van der Waals surface area contributed by atoms with Crippen LogP contribution in [0.1, 0.15) is 58.2 Å². The van der Waals surface area contributed by atoms with E-state index in [1.54, 1.807) is 18.2 Å². The summed E-state index contributed by atoms with van der Waals surface area (Å²) in [7, 11) is 0. The van der Waals surface area contributed by atoms with E-state index in [0.29, 0.717) is 36.5 Å². The lowest BCUT2D eigenvalue weighted by Crippen LogP contribution is -2.15. The Balaban J connectivity index is 2.92. The van der Waals surface area contributed by atoms with Gasteiger partial charge in [-0.1, -0.05) is 59.7 Å². The Morgan fingerprint density at radius 3 is 1.00 bits per heavy atom. The first-order chi connectivity index (χ1) is 14.0. The van der Waals surface area contributed by atoms with E-state index in [-0.39, 0.29) is 54.9 Å². The second kappa shape index (κ2) is 13.0. The number of esters is 3. The van der Waals surface area contributed by atoms with Gasteiger partial charge < -0.3 is 14.2 Å². The van der Waals surface area contributed by atoms with Crippen LogP contribution in [0.3, 0.4) is 0 Å². The van der Waals surface area contributed by atoms with Crippen molar-refractivity contribution in [3.8, 4) is 0 Å². The van der Waals surface area contributed by atoms with Crippen LogP contribution in [0.2, 0.25) is 0 Å². The zero-order chi connectivity index (χ0) is 22.7. The average Bonchev–Trinajstić information content (AvgIpc) is 2.63. The molecular weight excluding hydrogens is 384 g/mol. The number of benzene rings is 1. The van der Waals surface area contributed by atoms with Crippen molar-refractivity contribution in [1.82, 2.24) is 0 Å². The molecule has 0 unspecified atom stereocenters. The summed E-state index contributed by atoms with van der Waals surface area (Å²) in [5.41, 5.74) is 2.10. The Bertz CT molecular complexity index is 598. The lowest BCUT2D eigenvalue weighted by molar-refractivity contribution is -0.144. The van der Waals surface area contributed by atoms with Crippen LogP contribution in [0.15, 0.2) is 18.2 Å². The minimum atomic E-state index is -0.337. The van der Waals surface area contributed by atoms with Gasteiger partial charge in [0.05, 0.1) is 39.1 Å².